The van der Waals surface area contributed by atoms with E-state index in [9.17, 15) is 14.4 Å². The fraction of sp³-hybridized carbons (Fsp3) is 0.208. The first-order valence-corrected chi connectivity index (χ1v) is 10.5. The number of fused-ring (bicyclic) bond motifs is 1. The molecule has 0 aliphatic rings. The summed E-state index contributed by atoms with van der Waals surface area (Å²) >= 11 is 0. The number of carbonyl (C=O) groups excluding carboxylic acids is 2. The standard InChI is InChI=1S/C24H22N4O6/c1-4-33-24(31)17-7-5-6-8-18(17)25-19(29)13-28-23(30)22-20(14(2)34-27-22)21(26-28)15-9-11-16(32-3)12-10-15/h5-12H,4,13H2,1-3H3,(H,25,29). The summed E-state index contributed by atoms with van der Waals surface area (Å²) in [5, 5.41) is 11.4. The maximum absolute atomic E-state index is 13.0. The Bertz CT molecular complexity index is 1420. The van der Waals surface area contributed by atoms with Gasteiger partial charge in [-0.3, -0.25) is 9.59 Å². The molecule has 0 radical (unpaired) electrons. The molecule has 0 fully saturated rings. The van der Waals surface area contributed by atoms with Crippen molar-refractivity contribution in [1.82, 2.24) is 14.9 Å². The molecule has 174 valence electrons. The van der Waals surface area contributed by atoms with Crippen molar-refractivity contribution in [2.75, 3.05) is 19.0 Å². The largest absolute Gasteiger partial charge is 0.497 e. The van der Waals surface area contributed by atoms with Gasteiger partial charge in [0.25, 0.3) is 5.56 Å². The molecular weight excluding hydrogens is 440 g/mol. The SMILES string of the molecule is CCOC(=O)c1ccccc1NC(=O)Cn1nc(-c2ccc(OC)cc2)c2c(C)onc2c1=O. The van der Waals surface area contributed by atoms with Crippen LogP contribution >= 0.6 is 0 Å². The van der Waals surface area contributed by atoms with Crippen molar-refractivity contribution >= 4 is 28.5 Å². The van der Waals surface area contributed by atoms with Gasteiger partial charge in [0.1, 0.15) is 23.7 Å². The van der Waals surface area contributed by atoms with Crippen molar-refractivity contribution in [2.24, 2.45) is 0 Å². The fourth-order valence-electron chi connectivity index (χ4n) is 3.50. The van der Waals surface area contributed by atoms with Crippen LogP contribution in [0.2, 0.25) is 0 Å². The summed E-state index contributed by atoms with van der Waals surface area (Å²) in [6.07, 6.45) is 0. The highest BCUT2D eigenvalue weighted by molar-refractivity contribution is 6.01. The highest BCUT2D eigenvalue weighted by atomic mass is 16.5. The number of anilines is 1. The van der Waals surface area contributed by atoms with Crippen LogP contribution in [-0.4, -0.2) is 40.5 Å². The van der Waals surface area contributed by atoms with E-state index in [0.29, 0.717) is 28.2 Å². The van der Waals surface area contributed by atoms with Gasteiger partial charge >= 0.3 is 5.97 Å². The van der Waals surface area contributed by atoms with Crippen LogP contribution in [0.5, 0.6) is 5.75 Å². The van der Waals surface area contributed by atoms with Crippen LogP contribution in [-0.2, 0) is 16.1 Å². The van der Waals surface area contributed by atoms with Crippen LogP contribution in [0.15, 0.2) is 57.8 Å². The van der Waals surface area contributed by atoms with Gasteiger partial charge in [-0.2, -0.15) is 5.10 Å². The zero-order chi connectivity index (χ0) is 24.2. The molecule has 0 unspecified atom stereocenters. The minimum Gasteiger partial charge on any atom is -0.497 e. The molecule has 2 heterocycles. The molecule has 34 heavy (non-hydrogen) atoms. The first-order chi connectivity index (χ1) is 16.4. The number of aryl methyl sites for hydroxylation is 1. The summed E-state index contributed by atoms with van der Waals surface area (Å²) in [7, 11) is 1.56. The van der Waals surface area contributed by atoms with E-state index in [2.05, 4.69) is 15.6 Å². The summed E-state index contributed by atoms with van der Waals surface area (Å²) < 4.78 is 16.5. The lowest BCUT2D eigenvalue weighted by Crippen LogP contribution is -2.30. The van der Waals surface area contributed by atoms with Gasteiger partial charge < -0.3 is 19.3 Å². The van der Waals surface area contributed by atoms with Gasteiger partial charge in [0.05, 0.1) is 30.4 Å². The Morgan fingerprint density at radius 2 is 1.85 bits per heavy atom. The zero-order valence-corrected chi connectivity index (χ0v) is 18.8. The van der Waals surface area contributed by atoms with Crippen LogP contribution in [0.1, 0.15) is 23.0 Å². The molecule has 0 saturated heterocycles. The number of nitrogens with one attached hydrogen (secondary N) is 1. The first-order valence-electron chi connectivity index (χ1n) is 10.5. The van der Waals surface area contributed by atoms with E-state index >= 15 is 0 Å². The Kier molecular flexibility index (Phi) is 6.39. The molecule has 0 aliphatic heterocycles. The van der Waals surface area contributed by atoms with Crippen molar-refractivity contribution < 1.29 is 23.6 Å². The quantitative estimate of drug-likeness (QED) is 0.415. The Morgan fingerprint density at radius 1 is 1.12 bits per heavy atom. The van der Waals surface area contributed by atoms with Crippen molar-refractivity contribution in [1.29, 1.82) is 0 Å². The molecular formula is C24H22N4O6. The number of methoxy groups -OCH3 is 1. The summed E-state index contributed by atoms with van der Waals surface area (Å²) in [6.45, 7) is 3.18. The van der Waals surface area contributed by atoms with Gasteiger partial charge in [-0.25, -0.2) is 9.48 Å². The molecule has 0 bridgehead atoms. The summed E-state index contributed by atoms with van der Waals surface area (Å²) in [5.41, 5.74) is 1.11. The lowest BCUT2D eigenvalue weighted by Gasteiger charge is -2.12. The number of para-hydroxylation sites is 1. The maximum atomic E-state index is 13.0. The van der Waals surface area contributed by atoms with Crippen molar-refractivity contribution in [2.45, 2.75) is 20.4 Å². The van der Waals surface area contributed by atoms with Crippen molar-refractivity contribution in [3.05, 3.63) is 70.2 Å². The molecule has 0 saturated carbocycles. The van der Waals surface area contributed by atoms with E-state index in [1.807, 2.05) is 0 Å². The molecule has 10 heteroatoms. The third-order valence-corrected chi connectivity index (χ3v) is 5.11. The van der Waals surface area contributed by atoms with Gasteiger partial charge in [0.15, 0.2) is 5.52 Å². The summed E-state index contributed by atoms with van der Waals surface area (Å²) in [5.74, 6) is -0.0121. The normalized spacial score (nSPS) is 10.8. The molecule has 10 nitrogen and oxygen atoms in total. The van der Waals surface area contributed by atoms with Gasteiger partial charge in [-0.05, 0) is 50.2 Å². The van der Waals surface area contributed by atoms with Gasteiger partial charge in [-0.15, -0.1) is 0 Å². The molecule has 0 atom stereocenters. The number of ether oxygens (including phenoxy) is 2. The lowest BCUT2D eigenvalue weighted by atomic mass is 10.1. The number of hydrogen-bond donors (Lipinski definition) is 1. The van der Waals surface area contributed by atoms with Crippen LogP contribution in [0.4, 0.5) is 5.69 Å². The topological polar surface area (TPSA) is 126 Å². The average molecular weight is 462 g/mol. The molecule has 0 spiro atoms. The van der Waals surface area contributed by atoms with Crippen LogP contribution in [0, 0.1) is 6.92 Å². The molecule has 4 aromatic rings. The number of rotatable bonds is 7. The molecule has 2 aromatic heterocycles. The third kappa shape index (κ3) is 4.38. The molecule has 2 aromatic carbocycles. The van der Waals surface area contributed by atoms with Crippen molar-refractivity contribution in [3.63, 3.8) is 0 Å². The molecule has 1 N–H and O–H groups in total. The first kappa shape index (κ1) is 22.7. The van der Waals surface area contributed by atoms with Gasteiger partial charge in [0, 0.05) is 5.56 Å². The van der Waals surface area contributed by atoms with E-state index in [1.54, 1.807) is 69.5 Å². The maximum Gasteiger partial charge on any atom is 0.340 e. The Balaban J connectivity index is 1.69. The van der Waals surface area contributed by atoms with Crippen LogP contribution in [0.25, 0.3) is 22.2 Å². The number of aromatic nitrogens is 3. The van der Waals surface area contributed by atoms with E-state index in [4.69, 9.17) is 14.0 Å². The summed E-state index contributed by atoms with van der Waals surface area (Å²) in [4.78, 5) is 38.0. The van der Waals surface area contributed by atoms with E-state index in [-0.39, 0.29) is 23.4 Å². The van der Waals surface area contributed by atoms with E-state index in [0.717, 1.165) is 4.68 Å². The zero-order valence-electron chi connectivity index (χ0n) is 18.8. The summed E-state index contributed by atoms with van der Waals surface area (Å²) in [6, 6.07) is 13.6. The smallest absolute Gasteiger partial charge is 0.340 e. The number of benzene rings is 2. The van der Waals surface area contributed by atoms with Crippen LogP contribution < -0.4 is 15.6 Å². The van der Waals surface area contributed by atoms with Gasteiger partial charge in [-0.1, -0.05) is 17.3 Å². The van der Waals surface area contributed by atoms with E-state index in [1.165, 1.54) is 0 Å². The lowest BCUT2D eigenvalue weighted by molar-refractivity contribution is -0.117. The number of esters is 1. The predicted molar refractivity (Wildman–Crippen MR) is 124 cm³/mol. The Hall–Kier alpha value is -4.47. The average Bonchev–Trinajstić information content (AvgIpc) is 3.23. The minimum absolute atomic E-state index is 0.0676. The number of hydrogen-bond acceptors (Lipinski definition) is 8. The van der Waals surface area contributed by atoms with Crippen LogP contribution in [0.3, 0.4) is 0 Å². The number of amides is 1. The minimum atomic E-state index is -0.571. The number of nitrogens with zero attached hydrogens (tertiary/aromatic N) is 3. The highest BCUT2D eigenvalue weighted by Crippen LogP contribution is 2.28. The van der Waals surface area contributed by atoms with Gasteiger partial charge in [0.2, 0.25) is 5.91 Å². The third-order valence-electron chi connectivity index (χ3n) is 5.11. The second-order valence-corrected chi connectivity index (χ2v) is 7.32. The molecule has 1 amide bonds. The monoisotopic (exact) mass is 462 g/mol. The molecule has 4 rings (SSSR count). The Morgan fingerprint density at radius 3 is 2.56 bits per heavy atom. The second-order valence-electron chi connectivity index (χ2n) is 7.32. The fourth-order valence-corrected chi connectivity index (χ4v) is 3.50. The predicted octanol–water partition coefficient (Wildman–Crippen LogP) is 3.18. The van der Waals surface area contributed by atoms with E-state index < -0.39 is 24.0 Å². The second kappa shape index (κ2) is 9.57. The number of carbonyl (C=O) groups is 2. The Labute approximate surface area is 194 Å². The molecule has 0 aliphatic carbocycles. The van der Waals surface area contributed by atoms with Crippen molar-refractivity contribution in [3.8, 4) is 17.0 Å². The highest BCUT2D eigenvalue weighted by Gasteiger charge is 2.21.